The highest BCUT2D eigenvalue weighted by Crippen LogP contribution is 1.98. The molecule has 0 radical (unpaired) electrons. The smallest absolute Gasteiger partial charge is 0.220 e. The second-order valence-corrected chi connectivity index (χ2v) is 3.65. The van der Waals surface area contributed by atoms with Crippen molar-refractivity contribution in [3.63, 3.8) is 0 Å². The minimum Gasteiger partial charge on any atom is -0.393 e. The Morgan fingerprint density at radius 1 is 1.50 bits per heavy atom. The van der Waals surface area contributed by atoms with Gasteiger partial charge in [0.25, 0.3) is 0 Å². The van der Waals surface area contributed by atoms with Gasteiger partial charge in [0.2, 0.25) is 5.91 Å². The number of carbonyl (C=O) groups is 1. The average Bonchev–Trinajstić information content (AvgIpc) is 2.02. The maximum atomic E-state index is 11.3. The number of carbonyl (C=O) groups excluding carboxylic acids is 1. The maximum absolute atomic E-state index is 11.3. The van der Waals surface area contributed by atoms with Gasteiger partial charge in [0.1, 0.15) is 0 Å². The van der Waals surface area contributed by atoms with E-state index in [0.717, 1.165) is 6.42 Å². The maximum Gasteiger partial charge on any atom is 0.220 e. The minimum absolute atomic E-state index is 0.0233. The zero-order valence-corrected chi connectivity index (χ0v) is 9.25. The molecule has 0 saturated heterocycles. The second-order valence-electron chi connectivity index (χ2n) is 3.65. The number of amides is 1. The summed E-state index contributed by atoms with van der Waals surface area (Å²) in [6, 6.07) is 0.0324. The second kappa shape index (κ2) is 7.76. The molecule has 4 nitrogen and oxygen atoms in total. The number of aliphatic hydroxyl groups is 1. The van der Waals surface area contributed by atoms with E-state index >= 15 is 0 Å². The number of nitrogens with one attached hydrogen (secondary N) is 1. The lowest BCUT2D eigenvalue weighted by Gasteiger charge is -2.15. The SMILES string of the molecule is COCCCC(=O)NC(C)CC(C)O. The number of hydrogen-bond donors (Lipinski definition) is 2. The van der Waals surface area contributed by atoms with Gasteiger partial charge in [0, 0.05) is 26.2 Å². The lowest BCUT2D eigenvalue weighted by atomic mass is 10.1. The van der Waals surface area contributed by atoms with Crippen LogP contribution in [0.5, 0.6) is 0 Å². The summed E-state index contributed by atoms with van der Waals surface area (Å²) in [4.78, 5) is 11.3. The molecule has 84 valence electrons. The monoisotopic (exact) mass is 203 g/mol. The first-order valence-electron chi connectivity index (χ1n) is 5.02. The highest BCUT2D eigenvalue weighted by molar-refractivity contribution is 5.76. The summed E-state index contributed by atoms with van der Waals surface area (Å²) in [7, 11) is 1.62. The van der Waals surface area contributed by atoms with Crippen LogP contribution in [-0.2, 0) is 9.53 Å². The Balaban J connectivity index is 3.50. The zero-order chi connectivity index (χ0) is 11.0. The third kappa shape index (κ3) is 8.01. The van der Waals surface area contributed by atoms with Crippen LogP contribution in [0, 0.1) is 0 Å². The fourth-order valence-electron chi connectivity index (χ4n) is 1.29. The van der Waals surface area contributed by atoms with E-state index in [1.54, 1.807) is 14.0 Å². The molecule has 2 unspecified atom stereocenters. The van der Waals surface area contributed by atoms with E-state index in [1.165, 1.54) is 0 Å². The molecule has 0 heterocycles. The third-order valence-electron chi connectivity index (χ3n) is 1.85. The molecule has 2 atom stereocenters. The fraction of sp³-hybridized carbons (Fsp3) is 0.900. The van der Waals surface area contributed by atoms with Crippen molar-refractivity contribution in [2.45, 2.75) is 45.3 Å². The Morgan fingerprint density at radius 2 is 2.14 bits per heavy atom. The van der Waals surface area contributed by atoms with Crippen LogP contribution in [0.25, 0.3) is 0 Å². The van der Waals surface area contributed by atoms with E-state index < -0.39 is 0 Å². The van der Waals surface area contributed by atoms with E-state index in [4.69, 9.17) is 9.84 Å². The molecule has 0 aromatic rings. The van der Waals surface area contributed by atoms with E-state index in [-0.39, 0.29) is 18.1 Å². The molecule has 0 spiro atoms. The first-order valence-corrected chi connectivity index (χ1v) is 5.02. The summed E-state index contributed by atoms with van der Waals surface area (Å²) in [6.45, 7) is 4.22. The molecule has 14 heavy (non-hydrogen) atoms. The normalized spacial score (nSPS) is 14.9. The summed E-state index contributed by atoms with van der Waals surface area (Å²) in [6.07, 6.45) is 1.45. The highest BCUT2D eigenvalue weighted by Gasteiger charge is 2.08. The van der Waals surface area contributed by atoms with E-state index in [1.807, 2.05) is 6.92 Å². The molecular formula is C10H21NO3. The van der Waals surface area contributed by atoms with Crippen LogP contribution in [0.2, 0.25) is 0 Å². The molecular weight excluding hydrogens is 182 g/mol. The van der Waals surface area contributed by atoms with E-state index in [0.29, 0.717) is 19.4 Å². The Bertz CT molecular complexity index is 159. The molecule has 0 rings (SSSR count). The minimum atomic E-state index is -0.371. The van der Waals surface area contributed by atoms with Gasteiger partial charge in [-0.15, -0.1) is 0 Å². The first-order chi connectivity index (χ1) is 6.56. The van der Waals surface area contributed by atoms with Crippen molar-refractivity contribution in [2.75, 3.05) is 13.7 Å². The van der Waals surface area contributed by atoms with Gasteiger partial charge in [-0.3, -0.25) is 4.79 Å². The Hall–Kier alpha value is -0.610. The zero-order valence-electron chi connectivity index (χ0n) is 9.25. The summed E-state index contributed by atoms with van der Waals surface area (Å²) in [5.74, 6) is 0.0233. The molecule has 0 bridgehead atoms. The summed E-state index contributed by atoms with van der Waals surface area (Å²) < 4.78 is 4.84. The van der Waals surface area contributed by atoms with Crippen molar-refractivity contribution in [3.05, 3.63) is 0 Å². The van der Waals surface area contributed by atoms with Crippen molar-refractivity contribution < 1.29 is 14.6 Å². The number of aliphatic hydroxyl groups excluding tert-OH is 1. The van der Waals surface area contributed by atoms with Gasteiger partial charge in [-0.05, 0) is 26.7 Å². The van der Waals surface area contributed by atoms with Crippen LogP contribution in [0.15, 0.2) is 0 Å². The average molecular weight is 203 g/mol. The quantitative estimate of drug-likeness (QED) is 0.598. The molecule has 0 saturated carbocycles. The van der Waals surface area contributed by atoms with Gasteiger partial charge < -0.3 is 15.2 Å². The van der Waals surface area contributed by atoms with Crippen molar-refractivity contribution in [1.29, 1.82) is 0 Å². The van der Waals surface area contributed by atoms with Crippen LogP contribution in [0.3, 0.4) is 0 Å². The lowest BCUT2D eigenvalue weighted by Crippen LogP contribution is -2.34. The van der Waals surface area contributed by atoms with Gasteiger partial charge >= 0.3 is 0 Å². The summed E-state index contributed by atoms with van der Waals surface area (Å²) in [5.41, 5.74) is 0. The molecule has 0 aliphatic carbocycles. The van der Waals surface area contributed by atoms with Gasteiger partial charge in [-0.2, -0.15) is 0 Å². The van der Waals surface area contributed by atoms with Crippen LogP contribution >= 0.6 is 0 Å². The largest absolute Gasteiger partial charge is 0.393 e. The van der Waals surface area contributed by atoms with Gasteiger partial charge in [0.15, 0.2) is 0 Å². The molecule has 0 aliphatic heterocycles. The topological polar surface area (TPSA) is 58.6 Å². The van der Waals surface area contributed by atoms with Crippen molar-refractivity contribution >= 4 is 5.91 Å². The van der Waals surface area contributed by atoms with Gasteiger partial charge in [0.05, 0.1) is 6.10 Å². The van der Waals surface area contributed by atoms with Crippen molar-refractivity contribution in [1.82, 2.24) is 5.32 Å². The molecule has 4 heteroatoms. The Labute approximate surface area is 85.6 Å². The molecule has 1 amide bonds. The van der Waals surface area contributed by atoms with E-state index in [2.05, 4.69) is 5.32 Å². The first kappa shape index (κ1) is 13.4. The molecule has 0 aromatic carbocycles. The number of methoxy groups -OCH3 is 1. The van der Waals surface area contributed by atoms with E-state index in [9.17, 15) is 4.79 Å². The fourth-order valence-corrected chi connectivity index (χ4v) is 1.29. The standard InChI is InChI=1S/C10H21NO3/c1-8(7-9(2)12)11-10(13)5-4-6-14-3/h8-9,12H,4-7H2,1-3H3,(H,11,13). The predicted molar refractivity (Wildman–Crippen MR) is 55.0 cm³/mol. The van der Waals surface area contributed by atoms with Crippen molar-refractivity contribution in [3.8, 4) is 0 Å². The number of rotatable bonds is 7. The van der Waals surface area contributed by atoms with Gasteiger partial charge in [-0.1, -0.05) is 0 Å². The van der Waals surface area contributed by atoms with Gasteiger partial charge in [-0.25, -0.2) is 0 Å². The third-order valence-corrected chi connectivity index (χ3v) is 1.85. The molecule has 0 aromatic heterocycles. The predicted octanol–water partition coefficient (Wildman–Crippen LogP) is 0.689. The number of ether oxygens (including phenoxy) is 1. The Kier molecular flexibility index (Phi) is 7.42. The van der Waals surface area contributed by atoms with Crippen molar-refractivity contribution in [2.24, 2.45) is 0 Å². The van der Waals surface area contributed by atoms with Crippen LogP contribution < -0.4 is 5.32 Å². The van der Waals surface area contributed by atoms with Crippen LogP contribution in [0.4, 0.5) is 0 Å². The number of hydrogen-bond acceptors (Lipinski definition) is 3. The lowest BCUT2D eigenvalue weighted by molar-refractivity contribution is -0.122. The summed E-state index contributed by atoms with van der Waals surface area (Å²) >= 11 is 0. The Morgan fingerprint density at radius 3 is 2.64 bits per heavy atom. The molecule has 2 N–H and O–H groups in total. The molecule has 0 aliphatic rings. The van der Waals surface area contributed by atoms with Crippen LogP contribution in [0.1, 0.15) is 33.1 Å². The summed E-state index contributed by atoms with van der Waals surface area (Å²) in [5, 5.41) is 11.9. The van der Waals surface area contributed by atoms with Crippen LogP contribution in [-0.4, -0.2) is 36.9 Å². The highest BCUT2D eigenvalue weighted by atomic mass is 16.5. The molecule has 0 fully saturated rings.